The topological polar surface area (TPSA) is 55.3 Å². The minimum atomic E-state index is 0.0331. The van der Waals surface area contributed by atoms with E-state index in [1.807, 2.05) is 56.0 Å². The Balaban J connectivity index is 1.78. The molecule has 1 fully saturated rings. The maximum atomic E-state index is 12.9. The second-order valence-electron chi connectivity index (χ2n) is 6.38. The predicted molar refractivity (Wildman–Crippen MR) is 92.0 cm³/mol. The van der Waals surface area contributed by atoms with E-state index in [9.17, 15) is 4.79 Å². The molecule has 5 nitrogen and oxygen atoms in total. The molecule has 1 amide bonds. The van der Waals surface area contributed by atoms with E-state index in [4.69, 9.17) is 4.74 Å². The molecule has 1 atom stereocenters. The highest BCUT2D eigenvalue weighted by atomic mass is 16.5. The maximum absolute atomic E-state index is 12.9. The minimum Gasteiger partial charge on any atom is -0.491 e. The molecule has 2 heterocycles. The number of benzene rings is 1. The summed E-state index contributed by atoms with van der Waals surface area (Å²) in [7, 11) is 0. The zero-order valence-corrected chi connectivity index (χ0v) is 14.4. The first kappa shape index (κ1) is 16.4. The Morgan fingerprint density at radius 1 is 1.25 bits per heavy atom. The molecule has 0 N–H and O–H groups in total. The molecule has 1 aromatic carbocycles. The second-order valence-corrected chi connectivity index (χ2v) is 6.38. The van der Waals surface area contributed by atoms with Crippen molar-refractivity contribution in [3.8, 4) is 5.75 Å². The monoisotopic (exact) mass is 325 g/mol. The number of hydrogen-bond donors (Lipinski definition) is 0. The summed E-state index contributed by atoms with van der Waals surface area (Å²) in [5.41, 5.74) is 1.61. The number of carbonyl (C=O) groups excluding carboxylic acids is 1. The van der Waals surface area contributed by atoms with Gasteiger partial charge >= 0.3 is 0 Å². The highest BCUT2D eigenvalue weighted by molar-refractivity contribution is 5.94. The number of nitrogens with zero attached hydrogens (tertiary/aromatic N) is 3. The molecule has 1 aliphatic heterocycles. The van der Waals surface area contributed by atoms with Crippen LogP contribution >= 0.6 is 0 Å². The quantitative estimate of drug-likeness (QED) is 0.862. The summed E-state index contributed by atoms with van der Waals surface area (Å²) in [5.74, 6) is 1.57. The Bertz CT molecular complexity index is 713. The Kier molecular flexibility index (Phi) is 4.79. The normalized spacial score (nSPS) is 17.3. The lowest BCUT2D eigenvalue weighted by molar-refractivity contribution is 0.0732. The minimum absolute atomic E-state index is 0.0331. The van der Waals surface area contributed by atoms with Crippen molar-refractivity contribution in [1.29, 1.82) is 0 Å². The molecule has 0 bridgehead atoms. The number of likely N-dealkylation sites (tertiary alicyclic amines) is 1. The van der Waals surface area contributed by atoms with Crippen LogP contribution in [0.25, 0.3) is 0 Å². The number of aromatic nitrogens is 2. The maximum Gasteiger partial charge on any atom is 0.254 e. The third-order valence-electron chi connectivity index (χ3n) is 4.13. The van der Waals surface area contributed by atoms with Crippen LogP contribution in [0.3, 0.4) is 0 Å². The first-order chi connectivity index (χ1) is 11.5. The van der Waals surface area contributed by atoms with Crippen LogP contribution in [0.2, 0.25) is 0 Å². The van der Waals surface area contributed by atoms with Gasteiger partial charge in [0.25, 0.3) is 5.91 Å². The molecule has 1 unspecified atom stereocenters. The van der Waals surface area contributed by atoms with Crippen LogP contribution in [-0.2, 0) is 0 Å². The van der Waals surface area contributed by atoms with Crippen molar-refractivity contribution in [1.82, 2.24) is 14.9 Å². The lowest BCUT2D eigenvalue weighted by Gasteiger charge is -2.24. The third kappa shape index (κ3) is 3.55. The number of rotatable bonds is 4. The molecular formula is C19H23N3O2. The van der Waals surface area contributed by atoms with Gasteiger partial charge in [-0.05, 0) is 63.9 Å². The van der Waals surface area contributed by atoms with Gasteiger partial charge in [0.2, 0.25) is 0 Å². The summed E-state index contributed by atoms with van der Waals surface area (Å²) in [4.78, 5) is 23.5. The largest absolute Gasteiger partial charge is 0.491 e. The molecule has 0 radical (unpaired) electrons. The standard InChI is InChI=1S/C19H23N3O2/c1-13(2)24-16-8-6-15(7-9-16)19(23)22-12-4-5-18(22)17-10-11-20-14(3)21-17/h6-11,13,18H,4-5,12H2,1-3H3. The van der Waals surface area contributed by atoms with Gasteiger partial charge < -0.3 is 9.64 Å². The summed E-state index contributed by atoms with van der Waals surface area (Å²) >= 11 is 0. The van der Waals surface area contributed by atoms with Crippen LogP contribution in [0.5, 0.6) is 5.75 Å². The van der Waals surface area contributed by atoms with Gasteiger partial charge in [0.1, 0.15) is 11.6 Å². The summed E-state index contributed by atoms with van der Waals surface area (Å²) in [6.45, 7) is 6.60. The van der Waals surface area contributed by atoms with Gasteiger partial charge in [-0.3, -0.25) is 4.79 Å². The number of hydrogen-bond acceptors (Lipinski definition) is 4. The molecule has 1 aliphatic rings. The smallest absolute Gasteiger partial charge is 0.254 e. The number of carbonyl (C=O) groups is 1. The number of aryl methyl sites for hydroxylation is 1. The average molecular weight is 325 g/mol. The number of amides is 1. The van der Waals surface area contributed by atoms with E-state index >= 15 is 0 Å². The molecule has 126 valence electrons. The van der Waals surface area contributed by atoms with Crippen LogP contribution in [0.1, 0.15) is 54.6 Å². The van der Waals surface area contributed by atoms with Gasteiger partial charge in [0, 0.05) is 18.3 Å². The van der Waals surface area contributed by atoms with Crippen LogP contribution in [0, 0.1) is 6.92 Å². The molecule has 1 aromatic heterocycles. The summed E-state index contributed by atoms with van der Waals surface area (Å²) in [6.07, 6.45) is 3.82. The van der Waals surface area contributed by atoms with Crippen molar-refractivity contribution >= 4 is 5.91 Å². The summed E-state index contributed by atoms with van der Waals surface area (Å²) in [5, 5.41) is 0. The molecule has 3 rings (SSSR count). The van der Waals surface area contributed by atoms with Crippen LogP contribution in [-0.4, -0.2) is 33.4 Å². The first-order valence-corrected chi connectivity index (χ1v) is 8.42. The van der Waals surface area contributed by atoms with E-state index in [2.05, 4.69) is 9.97 Å². The fraction of sp³-hybridized carbons (Fsp3) is 0.421. The summed E-state index contributed by atoms with van der Waals surface area (Å²) in [6, 6.07) is 9.32. The van der Waals surface area contributed by atoms with Crippen molar-refractivity contribution in [2.45, 2.75) is 45.8 Å². The molecule has 0 aliphatic carbocycles. The van der Waals surface area contributed by atoms with Gasteiger partial charge in [-0.2, -0.15) is 0 Å². The molecule has 1 saturated heterocycles. The zero-order valence-electron chi connectivity index (χ0n) is 14.4. The Hall–Kier alpha value is -2.43. The van der Waals surface area contributed by atoms with Crippen LogP contribution in [0.4, 0.5) is 0 Å². The van der Waals surface area contributed by atoms with E-state index in [0.29, 0.717) is 5.56 Å². The zero-order chi connectivity index (χ0) is 17.1. The van der Waals surface area contributed by atoms with E-state index in [-0.39, 0.29) is 18.1 Å². The van der Waals surface area contributed by atoms with Crippen molar-refractivity contribution in [3.63, 3.8) is 0 Å². The lowest BCUT2D eigenvalue weighted by Crippen LogP contribution is -2.31. The van der Waals surface area contributed by atoms with Crippen LogP contribution < -0.4 is 4.74 Å². The van der Waals surface area contributed by atoms with E-state index < -0.39 is 0 Å². The molecule has 0 spiro atoms. The van der Waals surface area contributed by atoms with Crippen molar-refractivity contribution in [2.24, 2.45) is 0 Å². The van der Waals surface area contributed by atoms with Crippen molar-refractivity contribution in [3.05, 3.63) is 53.6 Å². The molecular weight excluding hydrogens is 302 g/mol. The molecule has 5 heteroatoms. The SMILES string of the molecule is Cc1nccc(C2CCCN2C(=O)c2ccc(OC(C)C)cc2)n1. The summed E-state index contributed by atoms with van der Waals surface area (Å²) < 4.78 is 5.64. The van der Waals surface area contributed by atoms with Crippen molar-refractivity contribution < 1.29 is 9.53 Å². The molecule has 0 saturated carbocycles. The van der Waals surface area contributed by atoms with Crippen LogP contribution in [0.15, 0.2) is 36.5 Å². The number of ether oxygens (including phenoxy) is 1. The Labute approximate surface area is 142 Å². The van der Waals surface area contributed by atoms with E-state index in [1.165, 1.54) is 0 Å². The van der Waals surface area contributed by atoms with Gasteiger partial charge in [-0.1, -0.05) is 0 Å². The third-order valence-corrected chi connectivity index (χ3v) is 4.13. The fourth-order valence-electron chi connectivity index (χ4n) is 3.09. The van der Waals surface area contributed by atoms with E-state index in [0.717, 1.165) is 36.7 Å². The molecule has 2 aromatic rings. The predicted octanol–water partition coefficient (Wildman–Crippen LogP) is 3.55. The fourth-order valence-corrected chi connectivity index (χ4v) is 3.09. The highest BCUT2D eigenvalue weighted by Gasteiger charge is 2.31. The van der Waals surface area contributed by atoms with Gasteiger partial charge in [-0.25, -0.2) is 9.97 Å². The van der Waals surface area contributed by atoms with Gasteiger partial charge in [0.15, 0.2) is 0 Å². The average Bonchev–Trinajstić information content (AvgIpc) is 3.04. The van der Waals surface area contributed by atoms with Gasteiger partial charge in [0.05, 0.1) is 17.8 Å². The highest BCUT2D eigenvalue weighted by Crippen LogP contribution is 2.32. The van der Waals surface area contributed by atoms with E-state index in [1.54, 1.807) is 6.20 Å². The lowest BCUT2D eigenvalue weighted by atomic mass is 10.1. The first-order valence-electron chi connectivity index (χ1n) is 8.42. The second kappa shape index (κ2) is 6.99. The Morgan fingerprint density at radius 3 is 2.67 bits per heavy atom. The Morgan fingerprint density at radius 2 is 2.00 bits per heavy atom. The molecule has 24 heavy (non-hydrogen) atoms. The van der Waals surface area contributed by atoms with Crippen molar-refractivity contribution in [2.75, 3.05) is 6.54 Å². The van der Waals surface area contributed by atoms with Gasteiger partial charge in [-0.15, -0.1) is 0 Å².